The van der Waals surface area contributed by atoms with Gasteiger partial charge in [0, 0.05) is 16.4 Å². The predicted octanol–water partition coefficient (Wildman–Crippen LogP) is 2.94. The Kier molecular flexibility index (Phi) is 4.58. The van der Waals surface area contributed by atoms with E-state index < -0.39 is 10.0 Å². The van der Waals surface area contributed by atoms with E-state index in [4.69, 9.17) is 0 Å². The molecule has 5 heteroatoms. The van der Waals surface area contributed by atoms with Crippen LogP contribution in [-0.2, 0) is 10.0 Å². The summed E-state index contributed by atoms with van der Waals surface area (Å²) >= 11 is 2.23. The largest absolute Gasteiger partial charge is 0.241 e. The Bertz CT molecular complexity index is 635. The summed E-state index contributed by atoms with van der Waals surface area (Å²) in [6, 6.07) is 12.8. The first kappa shape index (κ1) is 13.8. The third-order valence-electron chi connectivity index (χ3n) is 2.64. The van der Waals surface area contributed by atoms with Crippen LogP contribution in [0.5, 0.6) is 0 Å². The van der Waals surface area contributed by atoms with E-state index in [1.807, 2.05) is 30.3 Å². The maximum absolute atomic E-state index is 12.2. The van der Waals surface area contributed by atoms with Gasteiger partial charge in [-0.15, -0.1) is 0 Å². The van der Waals surface area contributed by atoms with E-state index in [9.17, 15) is 8.42 Å². The number of alkyl halides is 1. The molecule has 2 rings (SSSR count). The average molecular weight is 375 g/mol. The molecular weight excluding hydrogens is 361 g/mol. The first-order chi connectivity index (χ1) is 8.65. The number of hydrogen-bond donors (Lipinski definition) is 1. The van der Waals surface area contributed by atoms with E-state index in [1.54, 1.807) is 12.1 Å². The van der Waals surface area contributed by atoms with Crippen LogP contribution < -0.4 is 4.72 Å². The summed E-state index contributed by atoms with van der Waals surface area (Å²) in [4.78, 5) is 0.356. The van der Waals surface area contributed by atoms with Gasteiger partial charge in [0.2, 0.25) is 10.0 Å². The molecule has 2 aromatic carbocycles. The molecule has 0 atom stereocenters. The second-order valence-corrected chi connectivity index (χ2v) is 6.73. The summed E-state index contributed by atoms with van der Waals surface area (Å²) in [6.45, 7) is 0.481. The summed E-state index contributed by atoms with van der Waals surface area (Å²) in [5.74, 6) is 0. The van der Waals surface area contributed by atoms with E-state index >= 15 is 0 Å². The molecule has 18 heavy (non-hydrogen) atoms. The molecule has 0 heterocycles. The minimum absolute atomic E-state index is 0.356. The molecule has 1 N–H and O–H groups in total. The summed E-state index contributed by atoms with van der Waals surface area (Å²) in [5.41, 5.74) is 0. The standard InChI is InChI=1S/C13H14INO2S/c14-9-4-10-15-18(16,17)13-8-3-6-11-5-1-2-7-12(11)13/h1-3,5-8,15H,4,9-10H2. The lowest BCUT2D eigenvalue weighted by Gasteiger charge is -2.08. The average Bonchev–Trinajstić information content (AvgIpc) is 2.38. The number of hydrogen-bond acceptors (Lipinski definition) is 2. The SMILES string of the molecule is O=S(=O)(NCCCI)c1cccc2ccccc12. The molecule has 0 saturated heterocycles. The van der Waals surface area contributed by atoms with Crippen LogP contribution in [0.4, 0.5) is 0 Å². The van der Waals surface area contributed by atoms with Gasteiger partial charge in [0.05, 0.1) is 4.90 Å². The van der Waals surface area contributed by atoms with Crippen molar-refractivity contribution in [1.82, 2.24) is 4.72 Å². The van der Waals surface area contributed by atoms with Gasteiger partial charge in [-0.1, -0.05) is 59.0 Å². The Morgan fingerprint density at radius 1 is 1.06 bits per heavy atom. The van der Waals surface area contributed by atoms with E-state index in [-0.39, 0.29) is 0 Å². The Morgan fingerprint density at radius 2 is 1.78 bits per heavy atom. The highest BCUT2D eigenvalue weighted by Crippen LogP contribution is 2.22. The van der Waals surface area contributed by atoms with Crippen molar-refractivity contribution in [2.75, 3.05) is 11.0 Å². The lowest BCUT2D eigenvalue weighted by atomic mass is 10.1. The molecule has 0 aliphatic heterocycles. The van der Waals surface area contributed by atoms with Crippen molar-refractivity contribution in [2.24, 2.45) is 0 Å². The molecule has 0 aliphatic carbocycles. The number of rotatable bonds is 5. The quantitative estimate of drug-likeness (QED) is 0.496. The van der Waals surface area contributed by atoms with Crippen LogP contribution in [0, 0.1) is 0 Å². The zero-order valence-electron chi connectivity index (χ0n) is 9.77. The number of halogens is 1. The summed E-state index contributed by atoms with van der Waals surface area (Å²) in [6.07, 6.45) is 0.838. The van der Waals surface area contributed by atoms with E-state index in [0.29, 0.717) is 11.4 Å². The van der Waals surface area contributed by atoms with Crippen LogP contribution >= 0.6 is 22.6 Å². The lowest BCUT2D eigenvalue weighted by Crippen LogP contribution is -2.25. The summed E-state index contributed by atoms with van der Waals surface area (Å²) in [7, 11) is -3.41. The van der Waals surface area contributed by atoms with Gasteiger partial charge in [-0.3, -0.25) is 0 Å². The van der Waals surface area contributed by atoms with Crippen molar-refractivity contribution < 1.29 is 8.42 Å². The summed E-state index contributed by atoms with van der Waals surface area (Å²) in [5, 5.41) is 1.70. The topological polar surface area (TPSA) is 46.2 Å². The van der Waals surface area contributed by atoms with E-state index in [0.717, 1.165) is 21.6 Å². The monoisotopic (exact) mass is 375 g/mol. The smallest absolute Gasteiger partial charge is 0.211 e. The molecular formula is C13H14INO2S. The van der Waals surface area contributed by atoms with Gasteiger partial charge in [-0.05, 0) is 17.9 Å². The van der Waals surface area contributed by atoms with Gasteiger partial charge in [-0.2, -0.15) is 0 Å². The third kappa shape index (κ3) is 3.02. The van der Waals surface area contributed by atoms with Gasteiger partial charge in [0.15, 0.2) is 0 Å². The second-order valence-electron chi connectivity index (χ2n) is 3.92. The molecule has 2 aromatic rings. The van der Waals surface area contributed by atoms with E-state index in [2.05, 4.69) is 27.3 Å². The van der Waals surface area contributed by atoms with Crippen LogP contribution in [-0.4, -0.2) is 19.4 Å². The highest BCUT2D eigenvalue weighted by molar-refractivity contribution is 14.1. The first-order valence-electron chi connectivity index (χ1n) is 5.68. The van der Waals surface area contributed by atoms with Crippen LogP contribution in [0.1, 0.15) is 6.42 Å². The third-order valence-corrected chi connectivity index (χ3v) is 4.92. The molecule has 0 amide bonds. The van der Waals surface area contributed by atoms with Crippen molar-refractivity contribution in [1.29, 1.82) is 0 Å². The number of sulfonamides is 1. The Morgan fingerprint density at radius 3 is 2.56 bits per heavy atom. The fourth-order valence-corrected chi connectivity index (χ4v) is 3.46. The molecule has 0 fully saturated rings. The molecule has 0 saturated carbocycles. The number of benzene rings is 2. The second kappa shape index (κ2) is 5.99. The number of fused-ring (bicyclic) bond motifs is 1. The molecule has 96 valence electrons. The fourth-order valence-electron chi connectivity index (χ4n) is 1.78. The lowest BCUT2D eigenvalue weighted by molar-refractivity contribution is 0.582. The molecule has 0 unspecified atom stereocenters. The Balaban J connectivity index is 2.41. The highest BCUT2D eigenvalue weighted by Gasteiger charge is 2.15. The van der Waals surface area contributed by atoms with Gasteiger partial charge in [-0.25, -0.2) is 13.1 Å². The van der Waals surface area contributed by atoms with Crippen LogP contribution in [0.3, 0.4) is 0 Å². The predicted molar refractivity (Wildman–Crippen MR) is 82.6 cm³/mol. The van der Waals surface area contributed by atoms with Gasteiger partial charge < -0.3 is 0 Å². The zero-order chi connectivity index (χ0) is 13.0. The normalized spacial score (nSPS) is 11.8. The molecule has 0 aromatic heterocycles. The van der Waals surface area contributed by atoms with Crippen molar-refractivity contribution in [3.63, 3.8) is 0 Å². The molecule has 0 spiro atoms. The molecule has 0 aliphatic rings. The van der Waals surface area contributed by atoms with Gasteiger partial charge in [0.1, 0.15) is 0 Å². The Labute approximate surface area is 121 Å². The molecule has 3 nitrogen and oxygen atoms in total. The van der Waals surface area contributed by atoms with Gasteiger partial charge in [0.25, 0.3) is 0 Å². The van der Waals surface area contributed by atoms with Crippen LogP contribution in [0.2, 0.25) is 0 Å². The summed E-state index contributed by atoms with van der Waals surface area (Å²) < 4.78 is 28.0. The maximum atomic E-state index is 12.2. The van der Waals surface area contributed by atoms with E-state index in [1.165, 1.54) is 0 Å². The van der Waals surface area contributed by atoms with Crippen molar-refractivity contribution in [3.05, 3.63) is 42.5 Å². The van der Waals surface area contributed by atoms with Crippen molar-refractivity contribution >= 4 is 43.4 Å². The molecule has 0 radical (unpaired) electrons. The van der Waals surface area contributed by atoms with Crippen LogP contribution in [0.15, 0.2) is 47.4 Å². The minimum Gasteiger partial charge on any atom is -0.211 e. The Hall–Kier alpha value is -0.660. The van der Waals surface area contributed by atoms with Crippen LogP contribution in [0.25, 0.3) is 10.8 Å². The highest BCUT2D eigenvalue weighted by atomic mass is 127. The zero-order valence-corrected chi connectivity index (χ0v) is 12.7. The van der Waals surface area contributed by atoms with Crippen molar-refractivity contribution in [3.8, 4) is 0 Å². The fraction of sp³-hybridized carbons (Fsp3) is 0.231. The van der Waals surface area contributed by atoms with Gasteiger partial charge >= 0.3 is 0 Å². The van der Waals surface area contributed by atoms with Crippen molar-refractivity contribution in [2.45, 2.75) is 11.3 Å². The first-order valence-corrected chi connectivity index (χ1v) is 8.69. The minimum atomic E-state index is -3.41. The maximum Gasteiger partial charge on any atom is 0.241 e. The molecule has 0 bridgehead atoms. The number of nitrogens with one attached hydrogen (secondary N) is 1.